The summed E-state index contributed by atoms with van der Waals surface area (Å²) in [6.07, 6.45) is 3.61. The molecule has 36 heavy (non-hydrogen) atoms. The largest absolute Gasteiger partial charge is 0.390 e. The zero-order valence-corrected chi connectivity index (χ0v) is 21.3. The third-order valence-corrected chi connectivity index (χ3v) is 7.57. The molecule has 0 saturated heterocycles. The Morgan fingerprint density at radius 1 is 1.08 bits per heavy atom. The number of fused-ring (bicyclic) bond motifs is 1. The first-order valence-electron chi connectivity index (χ1n) is 11.8. The third kappa shape index (κ3) is 4.87. The molecular formula is C25H30N7O3S+. The van der Waals surface area contributed by atoms with Gasteiger partial charge in [-0.25, -0.2) is 15.0 Å². The number of aliphatic hydroxyl groups is 3. The fourth-order valence-corrected chi connectivity index (χ4v) is 5.69. The van der Waals surface area contributed by atoms with Gasteiger partial charge < -0.3 is 26.0 Å². The molecule has 0 aliphatic heterocycles. The highest BCUT2D eigenvalue weighted by Crippen LogP contribution is 2.39. The number of H-pyrrole nitrogens is 1. The Morgan fingerprint density at radius 2 is 1.83 bits per heavy atom. The van der Waals surface area contributed by atoms with Gasteiger partial charge in [0.15, 0.2) is 12.4 Å². The van der Waals surface area contributed by atoms with Gasteiger partial charge in [0.05, 0.1) is 28.0 Å². The van der Waals surface area contributed by atoms with Crippen LogP contribution >= 0.6 is 11.3 Å². The van der Waals surface area contributed by atoms with Crippen LogP contribution in [0, 0.1) is 19.8 Å². The number of anilines is 3. The second-order valence-corrected chi connectivity index (χ2v) is 10.9. The molecule has 0 aromatic carbocycles. The summed E-state index contributed by atoms with van der Waals surface area (Å²) >= 11 is 1.51. The highest BCUT2D eigenvalue weighted by Gasteiger charge is 2.47. The molecular weight excluding hydrogens is 478 g/mol. The minimum Gasteiger partial charge on any atom is -0.390 e. The molecule has 1 saturated carbocycles. The lowest BCUT2D eigenvalue weighted by molar-refractivity contribution is -0.376. The van der Waals surface area contributed by atoms with Crippen molar-refractivity contribution in [3.8, 4) is 10.6 Å². The number of nitrogens with zero attached hydrogens (tertiary/aromatic N) is 4. The Balaban J connectivity index is 1.52. The van der Waals surface area contributed by atoms with E-state index >= 15 is 0 Å². The molecule has 4 aromatic heterocycles. The predicted octanol–water partition coefficient (Wildman–Crippen LogP) is 2.62. The molecule has 4 atom stereocenters. The van der Waals surface area contributed by atoms with Crippen LogP contribution in [0.3, 0.4) is 0 Å². The normalized spacial score (nSPS) is 22.2. The third-order valence-electron chi connectivity index (χ3n) is 6.50. The number of aliphatic hydroxyl groups excluding tert-OH is 2. The molecule has 0 bridgehead atoms. The number of rotatable bonds is 6. The van der Waals surface area contributed by atoms with Crippen molar-refractivity contribution in [2.24, 2.45) is 5.92 Å². The molecule has 188 valence electrons. The number of aromatic amines is 1. The molecule has 1 aliphatic rings. The lowest BCUT2D eigenvalue weighted by Gasteiger charge is -2.28. The van der Waals surface area contributed by atoms with E-state index in [2.05, 4.69) is 25.6 Å². The average Bonchev–Trinajstić information content (AvgIpc) is 3.35. The molecule has 1 aliphatic carbocycles. The van der Waals surface area contributed by atoms with Gasteiger partial charge >= 0.3 is 0 Å². The van der Waals surface area contributed by atoms with Crippen molar-refractivity contribution in [1.82, 2.24) is 19.9 Å². The van der Waals surface area contributed by atoms with Gasteiger partial charge in [0.1, 0.15) is 22.4 Å². The summed E-state index contributed by atoms with van der Waals surface area (Å²) in [6, 6.07) is 5.25. The number of aromatic nitrogens is 5. The summed E-state index contributed by atoms with van der Waals surface area (Å²) in [5.41, 5.74) is 2.93. The summed E-state index contributed by atoms with van der Waals surface area (Å²) in [4.78, 5) is 21.4. The lowest BCUT2D eigenvalue weighted by atomic mass is 9.88. The van der Waals surface area contributed by atoms with E-state index in [-0.39, 0.29) is 0 Å². The minimum atomic E-state index is -1.14. The maximum absolute atomic E-state index is 10.8. The Kier molecular flexibility index (Phi) is 6.33. The molecule has 0 spiro atoms. The summed E-state index contributed by atoms with van der Waals surface area (Å²) in [7, 11) is 0. The van der Waals surface area contributed by atoms with Crippen LogP contribution in [0.15, 0.2) is 36.8 Å². The number of pyridine rings is 2. The topological polar surface area (TPSA) is 150 Å². The van der Waals surface area contributed by atoms with E-state index in [9.17, 15) is 15.3 Å². The number of aryl methyl sites for hydroxylation is 2. The monoisotopic (exact) mass is 508 g/mol. The van der Waals surface area contributed by atoms with E-state index in [0.29, 0.717) is 23.8 Å². The molecule has 0 radical (unpaired) electrons. The molecule has 4 heterocycles. The van der Waals surface area contributed by atoms with E-state index in [1.807, 2.05) is 44.4 Å². The van der Waals surface area contributed by atoms with Gasteiger partial charge in [0, 0.05) is 35.3 Å². The van der Waals surface area contributed by atoms with Crippen molar-refractivity contribution in [2.75, 3.05) is 10.6 Å². The second-order valence-electron chi connectivity index (χ2n) is 9.86. The standard InChI is InChI=1S/C25H29N7O3S/c1-12-7-14(8-13(2)28-12)29-24-27-10-15(23-31-18-11-26-6-5-19(18)36-23)22(32-24)30-17-9-16(25(3,4)35)20(33)21(17)34/h5-8,10-11,16-17,20-21,33-35H,9H2,1-4H3,(H2,27,28,29,30,32)/p+1/t16-,17+,20+,21-/m0/s1. The highest BCUT2D eigenvalue weighted by molar-refractivity contribution is 7.21. The minimum absolute atomic E-state index is 0.368. The Bertz CT molecular complexity index is 1350. The van der Waals surface area contributed by atoms with E-state index in [4.69, 9.17) is 9.97 Å². The summed E-state index contributed by atoms with van der Waals surface area (Å²) < 4.78 is 1.01. The van der Waals surface area contributed by atoms with Crippen molar-refractivity contribution in [3.05, 3.63) is 48.2 Å². The molecule has 10 nitrogen and oxygen atoms in total. The molecule has 0 amide bonds. The molecule has 6 N–H and O–H groups in total. The van der Waals surface area contributed by atoms with Crippen LogP contribution in [0.4, 0.5) is 17.5 Å². The van der Waals surface area contributed by atoms with Crippen LogP contribution in [0.5, 0.6) is 0 Å². The maximum Gasteiger partial charge on any atom is 0.229 e. The Hall–Kier alpha value is -3.25. The molecule has 4 aromatic rings. The first-order valence-corrected chi connectivity index (χ1v) is 12.6. The summed E-state index contributed by atoms with van der Waals surface area (Å²) in [6.45, 7) is 7.13. The predicted molar refractivity (Wildman–Crippen MR) is 138 cm³/mol. The van der Waals surface area contributed by atoms with Gasteiger partial charge in [-0.1, -0.05) is 0 Å². The molecule has 1 fully saturated rings. The summed E-state index contributed by atoms with van der Waals surface area (Å²) in [5, 5.41) is 39.2. The van der Waals surface area contributed by atoms with Crippen molar-refractivity contribution < 1.29 is 20.3 Å². The number of hydrogen-bond acceptors (Lipinski definition) is 10. The van der Waals surface area contributed by atoms with Gasteiger partial charge in [-0.3, -0.25) is 4.98 Å². The van der Waals surface area contributed by atoms with Gasteiger partial charge in [-0.15, -0.1) is 11.3 Å². The fraction of sp³-hybridized carbons (Fsp3) is 0.400. The first-order chi connectivity index (χ1) is 17.1. The van der Waals surface area contributed by atoms with Crippen LogP contribution in [-0.4, -0.2) is 59.1 Å². The first kappa shape index (κ1) is 24.4. The molecule has 0 unspecified atom stereocenters. The van der Waals surface area contributed by atoms with Crippen LogP contribution in [0.2, 0.25) is 0 Å². The van der Waals surface area contributed by atoms with Crippen molar-refractivity contribution in [1.29, 1.82) is 0 Å². The van der Waals surface area contributed by atoms with Crippen LogP contribution in [0.25, 0.3) is 20.8 Å². The van der Waals surface area contributed by atoms with E-state index in [1.165, 1.54) is 11.3 Å². The maximum atomic E-state index is 10.8. The summed E-state index contributed by atoms with van der Waals surface area (Å²) in [5.74, 6) is 0.354. The quantitative estimate of drug-likeness (QED) is 0.265. The molecule has 11 heteroatoms. The molecule has 5 rings (SSSR count). The zero-order valence-electron chi connectivity index (χ0n) is 20.5. The number of nitrogens with one attached hydrogen (secondary N) is 3. The van der Waals surface area contributed by atoms with Crippen molar-refractivity contribution in [2.45, 2.75) is 58.0 Å². The van der Waals surface area contributed by atoms with Crippen LogP contribution < -0.4 is 15.6 Å². The zero-order chi connectivity index (χ0) is 25.6. The highest BCUT2D eigenvalue weighted by atomic mass is 32.1. The van der Waals surface area contributed by atoms with Crippen molar-refractivity contribution >= 4 is 39.0 Å². The fourth-order valence-electron chi connectivity index (χ4n) is 4.73. The smallest absolute Gasteiger partial charge is 0.229 e. The Morgan fingerprint density at radius 3 is 2.50 bits per heavy atom. The number of thiazole rings is 1. The van der Waals surface area contributed by atoms with E-state index in [1.54, 1.807) is 20.0 Å². The average molecular weight is 509 g/mol. The van der Waals surface area contributed by atoms with E-state index < -0.39 is 29.8 Å². The lowest BCUT2D eigenvalue weighted by Crippen LogP contribution is -2.40. The van der Waals surface area contributed by atoms with Crippen LogP contribution in [-0.2, 0) is 0 Å². The Labute approximate surface area is 212 Å². The second kappa shape index (κ2) is 9.32. The van der Waals surface area contributed by atoms with Crippen LogP contribution in [0.1, 0.15) is 31.7 Å². The SMILES string of the molecule is Cc1cc(Nc2ncc(-c3nc4c[nH+]ccc4s3)c(N[C@@H]3C[C@H](C(C)(C)O)[C@@H](O)[C@H]3O)n2)cc(C)n1. The number of hydrogen-bond donors (Lipinski definition) is 5. The van der Waals surface area contributed by atoms with Crippen molar-refractivity contribution in [3.63, 3.8) is 0 Å². The van der Waals surface area contributed by atoms with Gasteiger partial charge in [0.2, 0.25) is 5.95 Å². The van der Waals surface area contributed by atoms with Gasteiger partial charge in [-0.2, -0.15) is 4.98 Å². The van der Waals surface area contributed by atoms with Gasteiger partial charge in [-0.05, 0) is 46.2 Å². The van der Waals surface area contributed by atoms with Gasteiger partial charge in [0.25, 0.3) is 0 Å². The van der Waals surface area contributed by atoms with E-state index in [0.717, 1.165) is 32.3 Å².